The molecule has 2 unspecified atom stereocenters. The molecule has 0 saturated carbocycles. The van der Waals surface area contributed by atoms with Gasteiger partial charge in [0.1, 0.15) is 0 Å². The molecule has 1 aromatic heterocycles. The van der Waals surface area contributed by atoms with Gasteiger partial charge in [-0.1, -0.05) is 18.2 Å². The van der Waals surface area contributed by atoms with E-state index in [2.05, 4.69) is 16.0 Å². The molecule has 0 spiro atoms. The third-order valence-electron chi connectivity index (χ3n) is 6.15. The second-order valence-electron chi connectivity index (χ2n) is 7.95. The summed E-state index contributed by atoms with van der Waals surface area (Å²) in [5.41, 5.74) is 2.91. The smallest absolute Gasteiger partial charge is 0.307 e. The summed E-state index contributed by atoms with van der Waals surface area (Å²) in [5, 5.41) is 10.7. The summed E-state index contributed by atoms with van der Waals surface area (Å²) >= 11 is 0. The van der Waals surface area contributed by atoms with Crippen molar-refractivity contribution in [3.8, 4) is 17.2 Å². The number of pyridine rings is 1. The van der Waals surface area contributed by atoms with E-state index in [1.807, 2.05) is 36.4 Å². The molecule has 1 fully saturated rings. The lowest BCUT2D eigenvalue weighted by Crippen LogP contribution is -2.41. The Morgan fingerprint density at radius 1 is 1.09 bits per heavy atom. The van der Waals surface area contributed by atoms with Crippen LogP contribution in [0.25, 0.3) is 10.9 Å². The third-order valence-corrected chi connectivity index (χ3v) is 6.15. The van der Waals surface area contributed by atoms with E-state index in [1.165, 1.54) is 0 Å². The Morgan fingerprint density at radius 2 is 1.81 bits per heavy atom. The van der Waals surface area contributed by atoms with Gasteiger partial charge in [-0.05, 0) is 54.8 Å². The minimum absolute atomic E-state index is 0.196. The van der Waals surface area contributed by atoms with Crippen molar-refractivity contribution < 1.29 is 24.1 Å². The first-order valence-electron chi connectivity index (χ1n) is 10.7. The van der Waals surface area contributed by atoms with Crippen LogP contribution in [0.15, 0.2) is 48.7 Å². The summed E-state index contributed by atoms with van der Waals surface area (Å²) in [7, 11) is 4.77. The summed E-state index contributed by atoms with van der Waals surface area (Å²) in [6.07, 6.45) is 3.31. The van der Waals surface area contributed by atoms with Crippen LogP contribution >= 0.6 is 0 Å². The van der Waals surface area contributed by atoms with E-state index in [9.17, 15) is 9.90 Å². The van der Waals surface area contributed by atoms with E-state index in [4.69, 9.17) is 14.2 Å². The number of carboxylic acids is 1. The number of hydrogen-bond donors (Lipinski definition) is 1. The molecule has 7 heteroatoms. The Kier molecular flexibility index (Phi) is 6.46. The molecule has 1 saturated heterocycles. The lowest BCUT2D eigenvalue weighted by molar-refractivity contribution is -0.143. The van der Waals surface area contributed by atoms with Crippen molar-refractivity contribution in [1.29, 1.82) is 0 Å². The van der Waals surface area contributed by atoms with Crippen LogP contribution in [0.1, 0.15) is 30.0 Å². The lowest BCUT2D eigenvalue weighted by atomic mass is 9.89. The number of piperidine rings is 1. The van der Waals surface area contributed by atoms with Gasteiger partial charge in [0, 0.05) is 18.1 Å². The molecule has 7 nitrogen and oxygen atoms in total. The molecular weight excluding hydrogens is 408 g/mol. The van der Waals surface area contributed by atoms with Crippen LogP contribution in [0, 0.1) is 5.92 Å². The summed E-state index contributed by atoms with van der Waals surface area (Å²) in [5.74, 6) is 0.507. The zero-order valence-corrected chi connectivity index (χ0v) is 18.6. The molecule has 0 radical (unpaired) electrons. The van der Waals surface area contributed by atoms with Crippen molar-refractivity contribution >= 4 is 16.9 Å². The van der Waals surface area contributed by atoms with Crippen molar-refractivity contribution in [2.75, 3.05) is 34.4 Å². The highest BCUT2D eigenvalue weighted by molar-refractivity contribution is 5.83. The third kappa shape index (κ3) is 4.08. The standard InChI is InChI=1S/C25H28N2O5/c1-30-21-13-17(14-22(31-2)24(21)32-3)23(27-12-6-7-16(15-27)25(28)29)19-10-11-26-20-9-5-4-8-18(19)20/h4-5,8-11,13-14,16,23H,6-7,12,15H2,1-3H3,(H,28,29). The van der Waals surface area contributed by atoms with Crippen LogP contribution in [-0.4, -0.2) is 55.4 Å². The Labute approximate surface area is 187 Å². The highest BCUT2D eigenvalue weighted by Crippen LogP contribution is 2.44. The molecule has 3 aromatic rings. The van der Waals surface area contributed by atoms with E-state index in [0.29, 0.717) is 30.2 Å². The van der Waals surface area contributed by atoms with E-state index < -0.39 is 11.9 Å². The van der Waals surface area contributed by atoms with Crippen LogP contribution in [0.2, 0.25) is 0 Å². The van der Waals surface area contributed by atoms with Crippen molar-refractivity contribution in [2.45, 2.75) is 18.9 Å². The number of hydrogen-bond acceptors (Lipinski definition) is 6. The largest absolute Gasteiger partial charge is 0.493 e. The molecule has 0 aliphatic carbocycles. The molecule has 32 heavy (non-hydrogen) atoms. The number of rotatable bonds is 7. The fraction of sp³-hybridized carbons (Fsp3) is 0.360. The van der Waals surface area contributed by atoms with Gasteiger partial charge < -0.3 is 19.3 Å². The first-order valence-corrected chi connectivity index (χ1v) is 10.7. The molecule has 2 aromatic carbocycles. The number of aromatic nitrogens is 1. The molecule has 168 valence electrons. The van der Waals surface area contributed by atoms with Gasteiger partial charge in [0.05, 0.1) is 38.8 Å². The van der Waals surface area contributed by atoms with Crippen molar-refractivity contribution in [3.63, 3.8) is 0 Å². The zero-order valence-electron chi connectivity index (χ0n) is 18.6. The van der Waals surface area contributed by atoms with E-state index in [-0.39, 0.29) is 6.04 Å². The van der Waals surface area contributed by atoms with Gasteiger partial charge in [0.2, 0.25) is 5.75 Å². The minimum atomic E-state index is -0.752. The zero-order chi connectivity index (χ0) is 22.7. The first kappa shape index (κ1) is 21.9. The summed E-state index contributed by atoms with van der Waals surface area (Å²) in [6.45, 7) is 1.26. The number of carbonyl (C=O) groups is 1. The van der Waals surface area contributed by atoms with Gasteiger partial charge in [-0.3, -0.25) is 14.7 Å². The topological polar surface area (TPSA) is 81.1 Å². The second kappa shape index (κ2) is 9.44. The first-order chi connectivity index (χ1) is 15.6. The van der Waals surface area contributed by atoms with Gasteiger partial charge in [-0.15, -0.1) is 0 Å². The monoisotopic (exact) mass is 436 g/mol. The molecule has 2 heterocycles. The normalized spacial score (nSPS) is 17.7. The van der Waals surface area contributed by atoms with Gasteiger partial charge in [-0.2, -0.15) is 0 Å². The van der Waals surface area contributed by atoms with E-state index in [1.54, 1.807) is 27.5 Å². The van der Waals surface area contributed by atoms with Crippen molar-refractivity contribution in [2.24, 2.45) is 5.92 Å². The highest BCUT2D eigenvalue weighted by atomic mass is 16.5. The average Bonchev–Trinajstić information content (AvgIpc) is 2.83. The Bertz CT molecular complexity index is 1090. The van der Waals surface area contributed by atoms with Gasteiger partial charge >= 0.3 is 5.97 Å². The number of para-hydroxylation sites is 1. The fourth-order valence-electron chi connectivity index (χ4n) is 4.65. The molecule has 1 aliphatic heterocycles. The molecule has 4 rings (SSSR count). The maximum absolute atomic E-state index is 11.8. The number of carboxylic acid groups (broad SMARTS) is 1. The fourth-order valence-corrected chi connectivity index (χ4v) is 4.65. The number of likely N-dealkylation sites (tertiary alicyclic amines) is 1. The minimum Gasteiger partial charge on any atom is -0.493 e. The van der Waals surface area contributed by atoms with Crippen LogP contribution in [-0.2, 0) is 4.79 Å². The molecule has 1 N–H and O–H groups in total. The Morgan fingerprint density at radius 3 is 2.47 bits per heavy atom. The second-order valence-corrected chi connectivity index (χ2v) is 7.95. The van der Waals surface area contributed by atoms with Crippen molar-refractivity contribution in [1.82, 2.24) is 9.88 Å². The Balaban J connectivity index is 1.91. The summed E-state index contributed by atoms with van der Waals surface area (Å²) in [6, 6.07) is 13.7. The average molecular weight is 437 g/mol. The molecule has 1 aliphatic rings. The summed E-state index contributed by atoms with van der Waals surface area (Å²) in [4.78, 5) is 18.6. The van der Waals surface area contributed by atoms with E-state index in [0.717, 1.165) is 35.0 Å². The number of methoxy groups -OCH3 is 3. The lowest BCUT2D eigenvalue weighted by Gasteiger charge is -2.38. The quantitative estimate of drug-likeness (QED) is 0.596. The predicted molar refractivity (Wildman–Crippen MR) is 122 cm³/mol. The van der Waals surface area contributed by atoms with Crippen LogP contribution in [0.4, 0.5) is 0 Å². The summed E-state index contributed by atoms with van der Waals surface area (Å²) < 4.78 is 16.7. The molecule has 0 amide bonds. The number of nitrogens with zero attached hydrogens (tertiary/aromatic N) is 2. The predicted octanol–water partition coefficient (Wildman–Crippen LogP) is 4.15. The molecule has 2 atom stereocenters. The molecular formula is C25H28N2O5. The van der Waals surface area contributed by atoms with E-state index >= 15 is 0 Å². The number of aliphatic carboxylic acids is 1. The maximum atomic E-state index is 11.8. The van der Waals surface area contributed by atoms with Gasteiger partial charge in [-0.25, -0.2) is 0 Å². The molecule has 0 bridgehead atoms. The highest BCUT2D eigenvalue weighted by Gasteiger charge is 2.33. The van der Waals surface area contributed by atoms with Crippen LogP contribution in [0.5, 0.6) is 17.2 Å². The van der Waals surface area contributed by atoms with Crippen molar-refractivity contribution in [3.05, 3.63) is 59.8 Å². The SMILES string of the molecule is COc1cc(C(c2ccnc3ccccc23)N2CCCC(C(=O)O)C2)cc(OC)c1OC. The van der Waals surface area contributed by atoms with Gasteiger partial charge in [0.15, 0.2) is 11.5 Å². The number of benzene rings is 2. The van der Waals surface area contributed by atoms with Gasteiger partial charge in [0.25, 0.3) is 0 Å². The Hall–Kier alpha value is -3.32. The van der Waals surface area contributed by atoms with Crippen LogP contribution < -0.4 is 14.2 Å². The number of ether oxygens (including phenoxy) is 3. The van der Waals surface area contributed by atoms with Crippen LogP contribution in [0.3, 0.4) is 0 Å². The number of fused-ring (bicyclic) bond motifs is 1. The maximum Gasteiger partial charge on any atom is 0.307 e.